The minimum atomic E-state index is -5.17. The molecule has 0 spiro atoms. The number of imidazole rings is 1. The van der Waals surface area contributed by atoms with Crippen LogP contribution in [0, 0.1) is 6.92 Å². The number of fused-ring (bicyclic) bond motifs is 1. The molecule has 1 fully saturated rings. The van der Waals surface area contributed by atoms with Gasteiger partial charge < -0.3 is 34.5 Å². The number of phosphoric ester groups is 1. The summed E-state index contributed by atoms with van der Waals surface area (Å²) in [5.41, 5.74) is 6.55. The molecule has 0 radical (unpaired) electrons. The van der Waals surface area contributed by atoms with E-state index in [4.69, 9.17) is 10.5 Å². The Morgan fingerprint density at radius 1 is 1.46 bits per heavy atom. The molecule has 132 valence electrons. The number of aliphatic hydroxyl groups excluding tert-OH is 1. The monoisotopic (exact) mass is 421 g/mol. The molecule has 1 aliphatic heterocycles. The van der Waals surface area contributed by atoms with Crippen LogP contribution in [0.15, 0.2) is 6.33 Å². The average Bonchev–Trinajstić information content (AvgIpc) is 3.00. The molecule has 11 nitrogen and oxygen atoms in total. The van der Waals surface area contributed by atoms with E-state index >= 15 is 0 Å². The second-order valence-electron chi connectivity index (χ2n) is 5.27. The van der Waals surface area contributed by atoms with Crippen LogP contribution in [0.25, 0.3) is 11.2 Å². The van der Waals surface area contributed by atoms with Crippen LogP contribution >= 0.6 is 20.5 Å². The number of hydrogen-bond acceptors (Lipinski definition) is 11. The predicted octanol–water partition coefficient (Wildman–Crippen LogP) is -7.87. The molecule has 1 saturated heterocycles. The minimum absolute atomic E-state index is 0. The van der Waals surface area contributed by atoms with Crippen molar-refractivity contribution in [3.8, 4) is 0 Å². The van der Waals surface area contributed by atoms with Crippen molar-refractivity contribution in [2.45, 2.75) is 30.6 Å². The fourth-order valence-electron chi connectivity index (χ4n) is 2.50. The number of aliphatic hydroxyl groups is 1. The van der Waals surface area contributed by atoms with E-state index in [1.807, 2.05) is 0 Å². The Morgan fingerprint density at radius 2 is 2.12 bits per heavy atom. The van der Waals surface area contributed by atoms with Crippen molar-refractivity contribution in [1.29, 1.82) is 0 Å². The van der Waals surface area contributed by atoms with Gasteiger partial charge in [0, 0.05) is 0 Å². The van der Waals surface area contributed by atoms with Crippen LogP contribution in [0.2, 0.25) is 0 Å². The molecule has 26 heavy (non-hydrogen) atoms. The van der Waals surface area contributed by atoms with Gasteiger partial charge in [0.1, 0.15) is 17.4 Å². The molecule has 0 unspecified atom stereocenters. The number of thiol groups is 1. The van der Waals surface area contributed by atoms with E-state index < -0.39 is 38.1 Å². The van der Waals surface area contributed by atoms with Crippen LogP contribution in [0.1, 0.15) is 12.1 Å². The van der Waals surface area contributed by atoms with Crippen LogP contribution in [-0.4, -0.2) is 48.7 Å². The molecular formula is C11H14N5Na2O6PS. The Labute approximate surface area is 198 Å². The first-order valence-corrected chi connectivity index (χ1v) is 8.80. The normalized spacial score (nSPS) is 25.7. The fourth-order valence-corrected chi connectivity index (χ4v) is 3.23. The Balaban J connectivity index is 0.00000169. The Kier molecular flexibility index (Phi) is 9.04. The van der Waals surface area contributed by atoms with E-state index in [2.05, 4.69) is 32.1 Å². The van der Waals surface area contributed by atoms with Crippen molar-refractivity contribution in [2.75, 3.05) is 12.3 Å². The summed E-state index contributed by atoms with van der Waals surface area (Å²) in [6.45, 7) is 1.05. The molecule has 0 aliphatic carbocycles. The van der Waals surface area contributed by atoms with Gasteiger partial charge in [-0.15, -0.1) is 0 Å². The second-order valence-corrected chi connectivity index (χ2v) is 7.02. The summed E-state index contributed by atoms with van der Waals surface area (Å²) in [6, 6.07) is 0. The Morgan fingerprint density at radius 3 is 2.73 bits per heavy atom. The molecule has 15 heteroatoms. The molecule has 0 saturated carbocycles. The quantitative estimate of drug-likeness (QED) is 0.245. The van der Waals surface area contributed by atoms with Crippen molar-refractivity contribution >= 4 is 37.4 Å². The van der Waals surface area contributed by atoms with Gasteiger partial charge in [-0.1, -0.05) is 0 Å². The van der Waals surface area contributed by atoms with Crippen LogP contribution in [0.4, 0.5) is 5.82 Å². The standard InChI is InChI=1S/C11H16N5O6PS.2Na/c1-4-14-9(12)6-10(15-4)16(3-13-6)11-8(24)7(17)5(22-11)2-21-23(18,19)20;;/h3,5,7-8,11,17,24H,2H2,1H3,(H2,12,14,15)(H2,18,19,20);;/q;2*+1/p-2/t5-,7-,8-,11-;;/m1../s1. The molecule has 2 aromatic heterocycles. The predicted molar refractivity (Wildman–Crippen MR) is 80.7 cm³/mol. The van der Waals surface area contributed by atoms with E-state index in [1.165, 1.54) is 10.9 Å². The zero-order valence-electron chi connectivity index (χ0n) is 14.3. The van der Waals surface area contributed by atoms with Crippen LogP contribution in [0.5, 0.6) is 0 Å². The average molecular weight is 421 g/mol. The first kappa shape index (κ1) is 24.8. The van der Waals surface area contributed by atoms with Crippen molar-refractivity contribution < 1.29 is 87.8 Å². The summed E-state index contributed by atoms with van der Waals surface area (Å²) in [5, 5.41) is 9.41. The topological polar surface area (TPSA) is 172 Å². The number of phosphoric acid groups is 1. The van der Waals surface area contributed by atoms with Crippen molar-refractivity contribution in [2.24, 2.45) is 0 Å². The molecule has 3 heterocycles. The minimum Gasteiger partial charge on any atom is -0.790 e. The van der Waals surface area contributed by atoms with Crippen molar-refractivity contribution in [1.82, 2.24) is 19.5 Å². The number of aryl methyl sites for hydroxylation is 1. The smallest absolute Gasteiger partial charge is 0.790 e. The molecular weight excluding hydrogens is 407 g/mol. The van der Waals surface area contributed by atoms with Crippen molar-refractivity contribution in [3.63, 3.8) is 0 Å². The molecule has 0 amide bonds. The molecule has 1 aliphatic rings. The molecule has 0 aromatic carbocycles. The van der Waals surface area contributed by atoms with E-state index in [9.17, 15) is 19.5 Å². The van der Waals surface area contributed by atoms with E-state index in [0.29, 0.717) is 17.0 Å². The summed E-state index contributed by atoms with van der Waals surface area (Å²) < 4.78 is 21.9. The summed E-state index contributed by atoms with van der Waals surface area (Å²) >= 11 is 4.29. The van der Waals surface area contributed by atoms with E-state index in [-0.39, 0.29) is 64.9 Å². The van der Waals surface area contributed by atoms with Crippen LogP contribution < -0.4 is 74.6 Å². The van der Waals surface area contributed by atoms with Crippen LogP contribution in [-0.2, 0) is 13.8 Å². The first-order chi connectivity index (χ1) is 11.2. The molecule has 3 N–H and O–H groups in total. The van der Waals surface area contributed by atoms with Gasteiger partial charge in [-0.25, -0.2) is 15.0 Å². The first-order valence-electron chi connectivity index (χ1n) is 6.82. The fraction of sp³-hybridized carbons (Fsp3) is 0.545. The SMILES string of the molecule is Cc1nc(N)c2ncn([C@@H]3O[C@H](COP(=O)([O-])[O-])[C@@H](O)[C@H]3S)c2n1.[Na+].[Na+]. The summed E-state index contributed by atoms with van der Waals surface area (Å²) in [7, 11) is -5.17. The van der Waals surface area contributed by atoms with Gasteiger partial charge in [-0.3, -0.25) is 4.57 Å². The van der Waals surface area contributed by atoms with Gasteiger partial charge in [0.25, 0.3) is 0 Å². The number of aromatic nitrogens is 4. The number of nitrogens with two attached hydrogens (primary N) is 1. The van der Waals surface area contributed by atoms with E-state index in [0.717, 1.165) is 0 Å². The maximum Gasteiger partial charge on any atom is 1.00 e. The maximum absolute atomic E-state index is 10.6. The summed E-state index contributed by atoms with van der Waals surface area (Å²) in [4.78, 5) is 33.5. The molecule has 2 aromatic rings. The van der Waals surface area contributed by atoms with E-state index in [1.54, 1.807) is 6.92 Å². The number of nitrogen functional groups attached to an aromatic ring is 1. The maximum atomic E-state index is 10.6. The number of rotatable bonds is 4. The summed E-state index contributed by atoms with van der Waals surface area (Å²) in [6.07, 6.45) is -1.62. The third-order valence-electron chi connectivity index (χ3n) is 3.57. The number of anilines is 1. The second kappa shape index (κ2) is 9.49. The Hall–Kier alpha value is 0.730. The Bertz CT molecular complexity index is 822. The largest absolute Gasteiger partial charge is 1.00 e. The molecule has 3 rings (SSSR count). The van der Waals surface area contributed by atoms with Gasteiger partial charge in [0.2, 0.25) is 0 Å². The zero-order valence-corrected chi connectivity index (χ0v) is 20.1. The van der Waals surface area contributed by atoms with Gasteiger partial charge >= 0.3 is 59.1 Å². The molecule has 4 atom stereocenters. The van der Waals surface area contributed by atoms with Gasteiger partial charge in [-0.2, -0.15) is 12.6 Å². The summed E-state index contributed by atoms with van der Waals surface area (Å²) in [5.74, 6) is 0.624. The third kappa shape index (κ3) is 5.20. The number of ether oxygens (including phenoxy) is 1. The van der Waals surface area contributed by atoms with Gasteiger partial charge in [-0.05, 0) is 6.92 Å². The number of nitrogens with zero attached hydrogens (tertiary/aromatic N) is 4. The van der Waals surface area contributed by atoms with Crippen LogP contribution in [0.3, 0.4) is 0 Å². The number of hydrogen-bond donors (Lipinski definition) is 3. The van der Waals surface area contributed by atoms with Crippen molar-refractivity contribution in [3.05, 3.63) is 12.2 Å². The molecule has 0 bridgehead atoms. The third-order valence-corrected chi connectivity index (χ3v) is 4.59. The zero-order chi connectivity index (χ0) is 17.6. The van der Waals surface area contributed by atoms with Gasteiger partial charge in [0.15, 0.2) is 17.7 Å². The van der Waals surface area contributed by atoms with Gasteiger partial charge in [0.05, 0.1) is 32.1 Å².